The number of benzene rings is 9. The van der Waals surface area contributed by atoms with E-state index in [0.717, 1.165) is 50.1 Å². The number of rotatable bonds is 5. The molecule has 0 radical (unpaired) electrons. The number of fused-ring (bicyclic) bond motifs is 10. The molecule has 0 saturated carbocycles. The molecule has 0 N–H and O–H groups in total. The lowest BCUT2D eigenvalue weighted by molar-refractivity contribution is 0.674. The minimum atomic E-state index is 0.914. The van der Waals surface area contributed by atoms with Gasteiger partial charge in [0.2, 0.25) is 0 Å². The van der Waals surface area contributed by atoms with Crippen LogP contribution >= 0.6 is 11.3 Å². The Bertz CT molecular complexity index is 3170. The molecule has 53 heavy (non-hydrogen) atoms. The predicted molar refractivity (Wildman–Crippen MR) is 227 cm³/mol. The van der Waals surface area contributed by atoms with Crippen LogP contribution in [0.2, 0.25) is 0 Å². The van der Waals surface area contributed by atoms with E-state index in [1.54, 1.807) is 0 Å². The van der Waals surface area contributed by atoms with Crippen LogP contribution in [0.3, 0.4) is 0 Å². The summed E-state index contributed by atoms with van der Waals surface area (Å²) in [5, 5.41) is 9.64. The molecular formula is C50H31NOS. The Morgan fingerprint density at radius 2 is 1.04 bits per heavy atom. The van der Waals surface area contributed by atoms with Gasteiger partial charge in [0, 0.05) is 53.3 Å². The third-order valence-electron chi connectivity index (χ3n) is 10.6. The van der Waals surface area contributed by atoms with Gasteiger partial charge in [-0.05, 0) is 81.4 Å². The molecule has 248 valence electrons. The molecule has 11 rings (SSSR count). The highest BCUT2D eigenvalue weighted by Gasteiger charge is 2.20. The summed E-state index contributed by atoms with van der Waals surface area (Å²) in [6.45, 7) is 0. The number of furan rings is 1. The smallest absolute Gasteiger partial charge is 0.144 e. The summed E-state index contributed by atoms with van der Waals surface area (Å²) in [6, 6.07) is 67.9. The molecular weight excluding hydrogens is 663 g/mol. The third kappa shape index (κ3) is 4.78. The zero-order chi connectivity index (χ0) is 34.9. The van der Waals surface area contributed by atoms with Gasteiger partial charge in [-0.15, -0.1) is 11.3 Å². The number of anilines is 3. The second-order valence-corrected chi connectivity index (χ2v) is 14.7. The van der Waals surface area contributed by atoms with E-state index >= 15 is 0 Å². The Kier molecular flexibility index (Phi) is 6.76. The van der Waals surface area contributed by atoms with Gasteiger partial charge in [0.15, 0.2) is 0 Å². The molecule has 0 spiro atoms. The van der Waals surface area contributed by atoms with E-state index in [2.05, 4.69) is 193 Å². The van der Waals surface area contributed by atoms with Crippen molar-refractivity contribution in [3.8, 4) is 22.3 Å². The molecule has 0 saturated heterocycles. The van der Waals surface area contributed by atoms with Gasteiger partial charge >= 0.3 is 0 Å². The zero-order valence-electron chi connectivity index (χ0n) is 28.7. The number of nitrogens with zero attached hydrogens (tertiary/aromatic N) is 1. The first kappa shape index (κ1) is 30.0. The van der Waals surface area contributed by atoms with Crippen LogP contribution in [0.15, 0.2) is 192 Å². The van der Waals surface area contributed by atoms with Gasteiger partial charge in [0.25, 0.3) is 0 Å². The van der Waals surface area contributed by atoms with Gasteiger partial charge in [-0.25, -0.2) is 0 Å². The quantitative estimate of drug-likeness (QED) is 0.167. The summed E-state index contributed by atoms with van der Waals surface area (Å²) < 4.78 is 9.47. The molecule has 2 heterocycles. The number of thiophene rings is 1. The highest BCUT2D eigenvalue weighted by Crippen LogP contribution is 2.46. The van der Waals surface area contributed by atoms with Gasteiger partial charge in [-0.3, -0.25) is 0 Å². The molecule has 0 aliphatic heterocycles. The average Bonchev–Trinajstić information content (AvgIpc) is 3.80. The molecule has 9 aromatic carbocycles. The van der Waals surface area contributed by atoms with E-state index < -0.39 is 0 Å². The van der Waals surface area contributed by atoms with Gasteiger partial charge in [0.1, 0.15) is 11.2 Å². The van der Waals surface area contributed by atoms with Crippen LogP contribution in [0.5, 0.6) is 0 Å². The van der Waals surface area contributed by atoms with E-state index in [-0.39, 0.29) is 0 Å². The zero-order valence-corrected chi connectivity index (χ0v) is 29.5. The molecule has 0 aliphatic carbocycles. The molecule has 0 fully saturated rings. The van der Waals surface area contributed by atoms with Crippen molar-refractivity contribution in [3.05, 3.63) is 188 Å². The van der Waals surface area contributed by atoms with Crippen LogP contribution in [0.25, 0.3) is 85.9 Å². The molecule has 2 nitrogen and oxygen atoms in total. The van der Waals surface area contributed by atoms with E-state index in [1.165, 1.54) is 52.8 Å². The summed E-state index contributed by atoms with van der Waals surface area (Å²) in [5.74, 6) is 0. The first-order valence-corrected chi connectivity index (χ1v) is 18.8. The fourth-order valence-electron chi connectivity index (χ4n) is 8.18. The van der Waals surface area contributed by atoms with Crippen molar-refractivity contribution in [1.82, 2.24) is 0 Å². The summed E-state index contributed by atoms with van der Waals surface area (Å²) in [5.41, 5.74) is 9.76. The predicted octanol–water partition coefficient (Wildman–Crippen LogP) is 15.1. The standard InChI is InChI=1S/C50H31NOS/c1-2-12-32(13-3-1)33-24-26-36(27-25-33)51(45-31-35-14-4-5-17-38(35)40-18-6-7-19-41(40)45)37-16-10-15-34(30-37)39-21-11-22-42-43-28-29-47-48(50(43)52-49(39)42)44-20-8-9-23-46(44)53-47/h1-31H. The van der Waals surface area contributed by atoms with E-state index in [0.29, 0.717) is 0 Å². The second kappa shape index (κ2) is 11.9. The maximum atomic E-state index is 6.94. The highest BCUT2D eigenvalue weighted by atomic mass is 32.1. The van der Waals surface area contributed by atoms with Crippen molar-refractivity contribution in [2.24, 2.45) is 0 Å². The van der Waals surface area contributed by atoms with Crippen molar-refractivity contribution in [3.63, 3.8) is 0 Å². The highest BCUT2D eigenvalue weighted by molar-refractivity contribution is 7.26. The second-order valence-electron chi connectivity index (χ2n) is 13.7. The Labute approximate surface area is 310 Å². The van der Waals surface area contributed by atoms with Crippen LogP contribution < -0.4 is 4.90 Å². The molecule has 0 atom stereocenters. The molecule has 0 aliphatic rings. The molecule has 3 heteroatoms. The minimum Gasteiger partial charge on any atom is -0.455 e. The first-order valence-electron chi connectivity index (χ1n) is 18.0. The SMILES string of the molecule is c1ccc(-c2ccc(N(c3cccc(-c4cccc5c4oc4c5ccc5sc6ccccc6c54)c3)c3cc4ccccc4c4ccccc34)cc2)cc1. The molecule has 0 unspecified atom stereocenters. The maximum Gasteiger partial charge on any atom is 0.144 e. The van der Waals surface area contributed by atoms with Crippen LogP contribution in [0.1, 0.15) is 0 Å². The summed E-state index contributed by atoms with van der Waals surface area (Å²) in [4.78, 5) is 2.41. The fraction of sp³-hybridized carbons (Fsp3) is 0. The number of para-hydroxylation sites is 1. The normalized spacial score (nSPS) is 11.8. The van der Waals surface area contributed by atoms with Crippen LogP contribution in [-0.2, 0) is 0 Å². The summed E-state index contributed by atoms with van der Waals surface area (Å²) in [7, 11) is 0. The van der Waals surface area contributed by atoms with Gasteiger partial charge < -0.3 is 9.32 Å². The lowest BCUT2D eigenvalue weighted by Crippen LogP contribution is -2.10. The van der Waals surface area contributed by atoms with Crippen molar-refractivity contribution >= 4 is 92.1 Å². The Hall–Kier alpha value is -6.68. The molecule has 11 aromatic rings. The Morgan fingerprint density at radius 1 is 0.377 bits per heavy atom. The largest absolute Gasteiger partial charge is 0.455 e. The van der Waals surface area contributed by atoms with E-state index in [9.17, 15) is 0 Å². The number of hydrogen-bond acceptors (Lipinski definition) is 3. The van der Waals surface area contributed by atoms with Crippen molar-refractivity contribution in [2.45, 2.75) is 0 Å². The van der Waals surface area contributed by atoms with Crippen molar-refractivity contribution < 1.29 is 4.42 Å². The molecule has 2 aromatic heterocycles. The molecule has 0 bridgehead atoms. The van der Waals surface area contributed by atoms with E-state index in [1.807, 2.05) is 11.3 Å². The van der Waals surface area contributed by atoms with Crippen LogP contribution in [-0.4, -0.2) is 0 Å². The Morgan fingerprint density at radius 3 is 1.91 bits per heavy atom. The number of hydrogen-bond donors (Lipinski definition) is 0. The van der Waals surface area contributed by atoms with E-state index in [4.69, 9.17) is 4.42 Å². The minimum absolute atomic E-state index is 0.914. The van der Waals surface area contributed by atoms with Crippen LogP contribution in [0.4, 0.5) is 17.1 Å². The summed E-state index contributed by atoms with van der Waals surface area (Å²) in [6.07, 6.45) is 0. The monoisotopic (exact) mass is 693 g/mol. The molecule has 0 amide bonds. The topological polar surface area (TPSA) is 16.4 Å². The third-order valence-corrected chi connectivity index (χ3v) is 11.8. The van der Waals surface area contributed by atoms with Gasteiger partial charge in [-0.2, -0.15) is 0 Å². The summed E-state index contributed by atoms with van der Waals surface area (Å²) >= 11 is 1.82. The van der Waals surface area contributed by atoms with Crippen LogP contribution in [0, 0.1) is 0 Å². The maximum absolute atomic E-state index is 6.94. The lowest BCUT2D eigenvalue weighted by atomic mass is 9.98. The average molecular weight is 694 g/mol. The van der Waals surface area contributed by atoms with Crippen molar-refractivity contribution in [2.75, 3.05) is 4.90 Å². The first-order chi connectivity index (χ1) is 26.3. The van der Waals surface area contributed by atoms with Crippen molar-refractivity contribution in [1.29, 1.82) is 0 Å². The van der Waals surface area contributed by atoms with Gasteiger partial charge in [-0.1, -0.05) is 140 Å². The fourth-order valence-corrected chi connectivity index (χ4v) is 9.29. The lowest BCUT2D eigenvalue weighted by Gasteiger charge is -2.28. The van der Waals surface area contributed by atoms with Gasteiger partial charge in [0.05, 0.1) is 5.69 Å². The Balaban J connectivity index is 1.13.